The van der Waals surface area contributed by atoms with Gasteiger partial charge in [0.25, 0.3) is 11.8 Å². The van der Waals surface area contributed by atoms with Crippen molar-refractivity contribution in [3.8, 4) is 0 Å². The molecular weight excluding hydrogens is 1020 g/mol. The Morgan fingerprint density at radius 3 is 1.53 bits per heavy atom. The molecule has 4 aliphatic rings. The minimum Gasteiger partial charge on any atom is -0.366 e. The molecule has 4 aliphatic heterocycles. The summed E-state index contributed by atoms with van der Waals surface area (Å²) in [4.78, 5) is 83.0. The van der Waals surface area contributed by atoms with Crippen molar-refractivity contribution in [1.29, 1.82) is 0 Å². The Morgan fingerprint density at radius 2 is 1.10 bits per heavy atom. The molecule has 18 nitrogen and oxygen atoms in total. The van der Waals surface area contributed by atoms with Gasteiger partial charge in [-0.15, -0.1) is 0 Å². The summed E-state index contributed by atoms with van der Waals surface area (Å²) < 4.78 is 1.68. The molecule has 21 heteroatoms. The Kier molecular flexibility index (Phi) is 14.9. The highest BCUT2D eigenvalue weighted by molar-refractivity contribution is 9.11. The monoisotopic (exact) mass is 1070 g/mol. The van der Waals surface area contributed by atoms with Gasteiger partial charge in [0.05, 0.1) is 58.6 Å². The van der Waals surface area contributed by atoms with Crippen molar-refractivity contribution in [2.45, 2.75) is 57.5 Å². The maximum absolute atomic E-state index is 12.9. The smallest absolute Gasteiger partial charge is 0.257 e. The molecule has 0 aliphatic carbocycles. The number of fused-ring (bicyclic) bond motifs is 2. The van der Waals surface area contributed by atoms with E-state index in [1.54, 1.807) is 43.2 Å². The zero-order valence-electron chi connectivity index (χ0n) is 37.6. The van der Waals surface area contributed by atoms with Gasteiger partial charge in [-0.2, -0.15) is 0 Å². The molecule has 0 aromatic carbocycles. The third-order valence-corrected chi connectivity index (χ3v) is 14.3. The standard InChI is InChI=1S/C24H28BrN7O2.C23H25BrClN7O2/c1-15-9-16(12-26-11-15)24(34)30-19-14-29-23-21(19)22(18(25)13-28-23)32-7-5-31(6-8-32)20(33)10-17-3-2-4-27-17;24-17-12-28-22-20(18(13-29-22)30-23(34)14-8-15(25)11-26-10-14)21(17)32-6-4-31(5-7-32)19(33)9-16-2-1-3-27-16/h9,11-14,17,27H,2-8,10H2,1H3,(H,28,29)(H,30,34);8,10-13,16,27H,1-7,9H2,(H,28,29)(H,30,34). The summed E-state index contributed by atoms with van der Waals surface area (Å²) in [5.74, 6) is -0.0983. The minimum absolute atomic E-state index is 0.211. The van der Waals surface area contributed by atoms with Gasteiger partial charge >= 0.3 is 0 Å². The van der Waals surface area contributed by atoms with Gasteiger partial charge in [-0.05, 0) is 95.3 Å². The Morgan fingerprint density at radius 1 is 0.647 bits per heavy atom. The van der Waals surface area contributed by atoms with Gasteiger partial charge in [0.2, 0.25) is 11.8 Å². The topological polar surface area (TPSA) is 212 Å². The highest BCUT2D eigenvalue weighted by atomic mass is 79.9. The lowest BCUT2D eigenvalue weighted by molar-refractivity contribution is -0.132. The number of hydrogen-bond acceptors (Lipinski definition) is 12. The number of anilines is 4. The van der Waals surface area contributed by atoms with Crippen LogP contribution in [0.15, 0.2) is 70.7 Å². The zero-order valence-corrected chi connectivity index (χ0v) is 41.5. The molecule has 6 aromatic rings. The van der Waals surface area contributed by atoms with Crippen molar-refractivity contribution in [3.05, 3.63) is 92.4 Å². The number of H-pyrrole nitrogens is 2. The summed E-state index contributed by atoms with van der Waals surface area (Å²) >= 11 is 13.3. The van der Waals surface area contributed by atoms with Gasteiger partial charge < -0.3 is 50.8 Å². The lowest BCUT2D eigenvalue weighted by Gasteiger charge is -2.37. The fraction of sp³-hybridized carbons (Fsp3) is 0.404. The van der Waals surface area contributed by atoms with Crippen molar-refractivity contribution in [2.75, 3.05) is 85.9 Å². The van der Waals surface area contributed by atoms with Crippen LogP contribution in [0.2, 0.25) is 5.02 Å². The van der Waals surface area contributed by atoms with E-state index in [4.69, 9.17) is 11.6 Å². The quantitative estimate of drug-likeness (QED) is 0.0870. The van der Waals surface area contributed by atoms with Crippen molar-refractivity contribution in [2.24, 2.45) is 0 Å². The second kappa shape index (κ2) is 21.3. The number of hydrogen-bond donors (Lipinski definition) is 6. The van der Waals surface area contributed by atoms with Crippen molar-refractivity contribution in [1.82, 2.24) is 50.3 Å². The summed E-state index contributed by atoms with van der Waals surface area (Å²) in [6, 6.07) is 4.00. The van der Waals surface area contributed by atoms with Crippen molar-refractivity contribution >= 4 is 112 Å². The van der Waals surface area contributed by atoms with E-state index in [0.717, 1.165) is 75.4 Å². The average Bonchev–Trinajstić information content (AvgIpc) is 4.20. The lowest BCUT2D eigenvalue weighted by Crippen LogP contribution is -2.49. The normalized spacial score (nSPS) is 18.5. The number of halogens is 3. The van der Waals surface area contributed by atoms with Crippen LogP contribution in [0, 0.1) is 6.92 Å². The molecule has 4 saturated heterocycles. The SMILES string of the molecule is Cc1cncc(C(=O)Nc2c[nH]c3ncc(Br)c(N4CCN(C(=O)CC5CCCN5)CC4)c23)c1.O=C(Nc1c[nH]c2ncc(Br)c(N3CCN(C(=O)CC4CCCN4)CC3)c12)c1cncc(Cl)c1. The molecule has 0 bridgehead atoms. The Labute approximate surface area is 415 Å². The maximum atomic E-state index is 12.9. The van der Waals surface area contributed by atoms with E-state index in [1.807, 2.05) is 22.8 Å². The van der Waals surface area contributed by atoms with Gasteiger partial charge in [0.1, 0.15) is 11.3 Å². The minimum atomic E-state index is -0.308. The first-order chi connectivity index (χ1) is 33.0. The van der Waals surface area contributed by atoms with E-state index in [9.17, 15) is 19.2 Å². The number of rotatable bonds is 10. The molecule has 10 heterocycles. The summed E-state index contributed by atoms with van der Waals surface area (Å²) in [5, 5.41) is 14.8. The van der Waals surface area contributed by atoms with E-state index in [1.165, 1.54) is 12.4 Å². The van der Waals surface area contributed by atoms with E-state index in [-0.39, 0.29) is 23.6 Å². The number of aryl methyl sites for hydroxylation is 1. The summed E-state index contributed by atoms with van der Waals surface area (Å²) in [5.41, 5.74) is 6.35. The van der Waals surface area contributed by atoms with E-state index >= 15 is 0 Å². The predicted octanol–water partition coefficient (Wildman–Crippen LogP) is 6.49. The Balaban J connectivity index is 0.000000170. The molecular formula is C47H53Br2ClN14O4. The number of piperazine rings is 2. The number of aromatic amines is 2. The molecule has 0 saturated carbocycles. The van der Waals surface area contributed by atoms with Crippen molar-refractivity contribution < 1.29 is 19.2 Å². The van der Waals surface area contributed by atoms with E-state index < -0.39 is 0 Å². The van der Waals surface area contributed by atoms with Crippen LogP contribution < -0.4 is 31.1 Å². The zero-order chi connectivity index (χ0) is 47.3. The van der Waals surface area contributed by atoms with Gasteiger partial charge in [0, 0.05) is 127 Å². The first-order valence-corrected chi connectivity index (χ1v) is 24.9. The summed E-state index contributed by atoms with van der Waals surface area (Å²) in [6.45, 7) is 9.37. The van der Waals surface area contributed by atoms with Crippen LogP contribution in [0.3, 0.4) is 0 Å². The third-order valence-electron chi connectivity index (χ3n) is 12.9. The van der Waals surface area contributed by atoms with Crippen LogP contribution >= 0.6 is 43.5 Å². The third kappa shape index (κ3) is 10.8. The molecule has 0 radical (unpaired) electrons. The van der Waals surface area contributed by atoms with Crippen LogP contribution in [-0.2, 0) is 9.59 Å². The molecule has 0 spiro atoms. The number of nitrogens with one attached hydrogen (secondary N) is 6. The number of amides is 4. The molecule has 6 aromatic heterocycles. The largest absolute Gasteiger partial charge is 0.366 e. The number of aromatic nitrogens is 6. The molecule has 4 amide bonds. The predicted molar refractivity (Wildman–Crippen MR) is 271 cm³/mol. The Bertz CT molecular complexity index is 2620. The van der Waals surface area contributed by atoms with Crippen LogP contribution in [-0.4, -0.2) is 141 Å². The first-order valence-electron chi connectivity index (χ1n) is 23.0. The number of carbonyl (C=O) groups is 4. The molecule has 2 unspecified atom stereocenters. The van der Waals surface area contributed by atoms with E-state index in [2.05, 4.69) is 92.8 Å². The molecule has 10 rings (SSSR count). The van der Waals surface area contributed by atoms with Gasteiger partial charge in [-0.1, -0.05) is 11.6 Å². The molecule has 4 fully saturated rings. The van der Waals surface area contributed by atoms with Crippen LogP contribution in [0.1, 0.15) is 64.8 Å². The van der Waals surface area contributed by atoms with Gasteiger partial charge in [-0.25, -0.2) is 9.97 Å². The fourth-order valence-corrected chi connectivity index (χ4v) is 10.7. The number of pyridine rings is 4. The summed E-state index contributed by atoms with van der Waals surface area (Å²) in [6.07, 6.45) is 18.8. The second-order valence-corrected chi connectivity index (χ2v) is 19.7. The summed E-state index contributed by atoms with van der Waals surface area (Å²) in [7, 11) is 0. The Hall–Kier alpha value is -5.67. The van der Waals surface area contributed by atoms with Crippen LogP contribution in [0.4, 0.5) is 22.7 Å². The highest BCUT2D eigenvalue weighted by Crippen LogP contribution is 2.40. The lowest BCUT2D eigenvalue weighted by atomic mass is 10.1. The van der Waals surface area contributed by atoms with Gasteiger partial charge in [-0.3, -0.25) is 29.1 Å². The number of carbonyl (C=O) groups excluding carboxylic acids is 4. The fourth-order valence-electron chi connectivity index (χ4n) is 9.43. The van der Waals surface area contributed by atoms with E-state index in [0.29, 0.717) is 116 Å². The van der Waals surface area contributed by atoms with Crippen molar-refractivity contribution in [3.63, 3.8) is 0 Å². The highest BCUT2D eigenvalue weighted by Gasteiger charge is 2.30. The van der Waals surface area contributed by atoms with Crippen LogP contribution in [0.25, 0.3) is 22.1 Å². The second-order valence-electron chi connectivity index (χ2n) is 17.5. The van der Waals surface area contributed by atoms with Gasteiger partial charge in [0.15, 0.2) is 0 Å². The average molecular weight is 1070 g/mol. The first kappa shape index (κ1) is 47.4. The molecule has 2 atom stereocenters. The molecule has 68 heavy (non-hydrogen) atoms. The number of nitrogens with zero attached hydrogens (tertiary/aromatic N) is 8. The van der Waals surface area contributed by atoms with Crippen LogP contribution in [0.5, 0.6) is 0 Å². The maximum Gasteiger partial charge on any atom is 0.257 e. The molecule has 6 N–H and O–H groups in total. The molecule has 356 valence electrons.